The zero-order chi connectivity index (χ0) is 14.4. The van der Waals surface area contributed by atoms with Crippen molar-refractivity contribution in [1.29, 1.82) is 0 Å². The number of aryl methyl sites for hydroxylation is 1. The quantitative estimate of drug-likeness (QED) is 0.736. The van der Waals surface area contributed by atoms with Crippen LogP contribution in [0.25, 0.3) is 15.5 Å². The van der Waals surface area contributed by atoms with Gasteiger partial charge in [0.05, 0.1) is 0 Å². The van der Waals surface area contributed by atoms with Crippen LogP contribution >= 0.6 is 11.3 Å². The lowest BCUT2D eigenvalue weighted by Crippen LogP contribution is -2.01. The first-order valence-electron chi connectivity index (χ1n) is 7.31. The largest absolute Gasteiger partial charge is 0.399 e. The third-order valence-corrected chi connectivity index (χ3v) is 5.20. The van der Waals surface area contributed by atoms with E-state index >= 15 is 0 Å². The molecule has 0 atom stereocenters. The van der Waals surface area contributed by atoms with Crippen molar-refractivity contribution in [2.45, 2.75) is 38.5 Å². The van der Waals surface area contributed by atoms with Crippen LogP contribution < -0.4 is 5.73 Å². The Hall–Kier alpha value is -1.95. The summed E-state index contributed by atoms with van der Waals surface area (Å²) in [4.78, 5) is 0.876. The van der Waals surface area contributed by atoms with Gasteiger partial charge in [-0.25, -0.2) is 0 Å². The van der Waals surface area contributed by atoms with Crippen molar-refractivity contribution >= 4 is 22.0 Å². The molecule has 1 aliphatic carbocycles. The first-order chi connectivity index (χ1) is 10.2. The van der Waals surface area contributed by atoms with E-state index < -0.39 is 0 Å². The number of fused-ring (bicyclic) bond motifs is 1. The first-order valence-corrected chi connectivity index (χ1v) is 8.12. The Morgan fingerprint density at radius 2 is 2.05 bits per heavy atom. The molecule has 1 fully saturated rings. The van der Waals surface area contributed by atoms with E-state index in [0.717, 1.165) is 32.6 Å². The maximum absolute atomic E-state index is 5.88. The van der Waals surface area contributed by atoms with Gasteiger partial charge in [-0.15, -0.1) is 10.2 Å². The van der Waals surface area contributed by atoms with Gasteiger partial charge in [0, 0.05) is 17.2 Å². The van der Waals surface area contributed by atoms with Gasteiger partial charge in [-0.05, 0) is 43.5 Å². The van der Waals surface area contributed by atoms with Gasteiger partial charge < -0.3 is 5.73 Å². The third-order valence-electron chi connectivity index (χ3n) is 4.25. The molecule has 1 aromatic carbocycles. The summed E-state index contributed by atoms with van der Waals surface area (Å²) in [5, 5.41) is 14.3. The van der Waals surface area contributed by atoms with E-state index in [1.807, 2.05) is 23.6 Å². The summed E-state index contributed by atoms with van der Waals surface area (Å²) in [6.07, 6.45) is 4.98. The molecule has 108 valence electrons. The van der Waals surface area contributed by atoms with Crippen molar-refractivity contribution in [3.05, 3.63) is 29.6 Å². The predicted molar refractivity (Wildman–Crippen MR) is 84.5 cm³/mol. The highest BCUT2D eigenvalue weighted by Gasteiger charge is 2.24. The zero-order valence-electron chi connectivity index (χ0n) is 11.9. The Bertz CT molecular complexity index is 798. The summed E-state index contributed by atoms with van der Waals surface area (Å²) in [7, 11) is 0. The summed E-state index contributed by atoms with van der Waals surface area (Å²) in [6, 6.07) is 6.03. The average molecular weight is 299 g/mol. The molecule has 3 aromatic rings. The van der Waals surface area contributed by atoms with Gasteiger partial charge in [-0.2, -0.15) is 9.61 Å². The predicted octanol–water partition coefficient (Wildman–Crippen LogP) is 3.40. The molecule has 2 N–H and O–H groups in total. The average Bonchev–Trinajstić information content (AvgIpc) is 3.16. The van der Waals surface area contributed by atoms with Crippen molar-refractivity contribution in [2.75, 3.05) is 5.73 Å². The number of anilines is 1. The Balaban J connectivity index is 1.78. The highest BCUT2D eigenvalue weighted by molar-refractivity contribution is 7.19. The molecule has 21 heavy (non-hydrogen) atoms. The molecule has 0 aliphatic heterocycles. The van der Waals surface area contributed by atoms with Crippen LogP contribution in [0.15, 0.2) is 18.2 Å². The smallest absolute Gasteiger partial charge is 0.234 e. The van der Waals surface area contributed by atoms with E-state index in [1.165, 1.54) is 25.7 Å². The van der Waals surface area contributed by atoms with Gasteiger partial charge in [-0.1, -0.05) is 24.2 Å². The van der Waals surface area contributed by atoms with E-state index in [2.05, 4.69) is 16.3 Å². The van der Waals surface area contributed by atoms with Crippen molar-refractivity contribution in [1.82, 2.24) is 19.8 Å². The van der Waals surface area contributed by atoms with Gasteiger partial charge in [0.1, 0.15) is 5.01 Å². The lowest BCUT2D eigenvalue weighted by molar-refractivity contribution is 0.641. The second kappa shape index (κ2) is 4.80. The number of nitrogens with zero attached hydrogens (tertiary/aromatic N) is 4. The number of aromatic nitrogens is 4. The second-order valence-corrected chi connectivity index (χ2v) is 6.67. The minimum atomic E-state index is 0.517. The van der Waals surface area contributed by atoms with Crippen molar-refractivity contribution in [3.63, 3.8) is 0 Å². The van der Waals surface area contributed by atoms with Crippen LogP contribution in [0.4, 0.5) is 5.69 Å². The highest BCUT2D eigenvalue weighted by Crippen LogP contribution is 2.35. The van der Waals surface area contributed by atoms with E-state index in [1.54, 1.807) is 11.3 Å². The van der Waals surface area contributed by atoms with Gasteiger partial charge in [-0.3, -0.25) is 0 Å². The molecular formula is C15H17N5S. The normalized spacial score (nSPS) is 16.0. The van der Waals surface area contributed by atoms with Crippen LogP contribution in [0.3, 0.4) is 0 Å². The monoisotopic (exact) mass is 299 g/mol. The molecule has 6 heteroatoms. The van der Waals surface area contributed by atoms with Crippen LogP contribution in [0.1, 0.15) is 43.0 Å². The Labute approximate surface area is 126 Å². The number of nitrogen functional groups attached to an aromatic ring is 1. The van der Waals surface area contributed by atoms with E-state index in [-0.39, 0.29) is 0 Å². The van der Waals surface area contributed by atoms with Crippen LogP contribution in [0, 0.1) is 6.92 Å². The van der Waals surface area contributed by atoms with E-state index in [4.69, 9.17) is 10.8 Å². The lowest BCUT2D eigenvalue weighted by atomic mass is 10.1. The van der Waals surface area contributed by atoms with Gasteiger partial charge in [0.2, 0.25) is 4.96 Å². The molecule has 0 spiro atoms. The Morgan fingerprint density at radius 3 is 2.81 bits per heavy atom. The molecule has 2 aromatic heterocycles. The van der Waals surface area contributed by atoms with Crippen LogP contribution in [-0.4, -0.2) is 19.8 Å². The molecule has 0 saturated heterocycles. The minimum Gasteiger partial charge on any atom is -0.399 e. The SMILES string of the molecule is Cc1cc(-c2nn3c(C4CCCC4)nnc3s2)ccc1N. The Kier molecular flexibility index (Phi) is 2.92. The van der Waals surface area contributed by atoms with Crippen molar-refractivity contribution < 1.29 is 0 Å². The van der Waals surface area contributed by atoms with E-state index in [0.29, 0.717) is 5.92 Å². The fourth-order valence-electron chi connectivity index (χ4n) is 3.00. The van der Waals surface area contributed by atoms with E-state index in [9.17, 15) is 0 Å². The van der Waals surface area contributed by atoms with Crippen molar-refractivity contribution in [3.8, 4) is 10.6 Å². The molecule has 4 rings (SSSR count). The maximum Gasteiger partial charge on any atom is 0.234 e. The summed E-state index contributed by atoms with van der Waals surface area (Å²) in [5.41, 5.74) is 8.87. The summed E-state index contributed by atoms with van der Waals surface area (Å²) >= 11 is 1.58. The molecule has 1 saturated carbocycles. The van der Waals surface area contributed by atoms with Crippen LogP contribution in [-0.2, 0) is 0 Å². The second-order valence-electron chi connectivity index (χ2n) is 5.71. The number of benzene rings is 1. The topological polar surface area (TPSA) is 69.1 Å². The molecule has 1 aliphatic rings. The van der Waals surface area contributed by atoms with Crippen LogP contribution in [0.2, 0.25) is 0 Å². The highest BCUT2D eigenvalue weighted by atomic mass is 32.1. The first kappa shape index (κ1) is 12.8. The summed E-state index contributed by atoms with van der Waals surface area (Å²) in [6.45, 7) is 2.02. The standard InChI is InChI=1S/C15H17N5S/c1-9-8-11(6-7-12(9)16)14-19-20-13(10-4-2-3-5-10)17-18-15(20)21-14/h6-8,10H,2-5,16H2,1H3. The third kappa shape index (κ3) is 2.10. The number of hydrogen-bond donors (Lipinski definition) is 1. The molecule has 0 bridgehead atoms. The van der Waals surface area contributed by atoms with Crippen molar-refractivity contribution in [2.24, 2.45) is 0 Å². The lowest BCUT2D eigenvalue weighted by Gasteiger charge is -2.04. The molecule has 2 heterocycles. The molecule has 0 radical (unpaired) electrons. The maximum atomic E-state index is 5.88. The van der Waals surface area contributed by atoms with Gasteiger partial charge in [0.15, 0.2) is 5.82 Å². The summed E-state index contributed by atoms with van der Waals surface area (Å²) < 4.78 is 1.93. The molecule has 0 amide bonds. The van der Waals surface area contributed by atoms with Gasteiger partial charge >= 0.3 is 0 Å². The van der Waals surface area contributed by atoms with Crippen LogP contribution in [0.5, 0.6) is 0 Å². The zero-order valence-corrected chi connectivity index (χ0v) is 12.7. The molecule has 0 unspecified atom stereocenters. The molecule has 5 nitrogen and oxygen atoms in total. The fraction of sp³-hybridized carbons (Fsp3) is 0.400. The Morgan fingerprint density at radius 1 is 1.24 bits per heavy atom. The number of rotatable bonds is 2. The fourth-order valence-corrected chi connectivity index (χ4v) is 3.84. The van der Waals surface area contributed by atoms with Gasteiger partial charge in [0.25, 0.3) is 0 Å². The number of hydrogen-bond acceptors (Lipinski definition) is 5. The summed E-state index contributed by atoms with van der Waals surface area (Å²) in [5.74, 6) is 1.54. The minimum absolute atomic E-state index is 0.517. The number of nitrogens with two attached hydrogens (primary N) is 1. The molecular weight excluding hydrogens is 282 g/mol.